The molecule has 2 aromatic heterocycles. The van der Waals surface area contributed by atoms with Gasteiger partial charge in [-0.1, -0.05) is 0 Å². The Morgan fingerprint density at radius 3 is 3.16 bits per heavy atom. The Balaban J connectivity index is 1.77. The van der Waals surface area contributed by atoms with E-state index in [1.807, 2.05) is 0 Å². The summed E-state index contributed by atoms with van der Waals surface area (Å²) < 4.78 is 5.70. The predicted octanol–water partition coefficient (Wildman–Crippen LogP) is 1.38. The second-order valence-electron chi connectivity index (χ2n) is 4.62. The molecule has 7 heteroatoms. The second kappa shape index (κ2) is 5.40. The maximum atomic E-state index is 5.70. The number of ether oxygens (including phenoxy) is 1. The van der Waals surface area contributed by atoms with Gasteiger partial charge in [-0.3, -0.25) is 0 Å². The average molecular weight is 262 g/mol. The van der Waals surface area contributed by atoms with Crippen molar-refractivity contribution in [2.45, 2.75) is 25.4 Å². The Morgan fingerprint density at radius 2 is 2.37 bits per heavy atom. The molecule has 3 N–H and O–H groups in total. The SMILES string of the molecule is CNc1nc(NCC2CCCCO2)c2[nH]cnc2n1. The summed E-state index contributed by atoms with van der Waals surface area (Å²) in [6.07, 6.45) is 5.39. The van der Waals surface area contributed by atoms with Crippen molar-refractivity contribution in [1.29, 1.82) is 0 Å². The largest absolute Gasteiger partial charge is 0.376 e. The highest BCUT2D eigenvalue weighted by atomic mass is 16.5. The summed E-state index contributed by atoms with van der Waals surface area (Å²) in [5, 5.41) is 6.27. The zero-order chi connectivity index (χ0) is 13.1. The molecular weight excluding hydrogens is 244 g/mol. The number of hydrogen-bond donors (Lipinski definition) is 3. The molecule has 3 rings (SSSR count). The molecule has 0 saturated carbocycles. The lowest BCUT2D eigenvalue weighted by atomic mass is 10.1. The van der Waals surface area contributed by atoms with Crippen LogP contribution < -0.4 is 10.6 Å². The molecule has 0 radical (unpaired) electrons. The van der Waals surface area contributed by atoms with E-state index in [9.17, 15) is 0 Å². The molecule has 0 amide bonds. The zero-order valence-electron chi connectivity index (χ0n) is 10.9. The fourth-order valence-electron chi connectivity index (χ4n) is 2.25. The molecule has 0 aromatic carbocycles. The molecule has 1 fully saturated rings. The lowest BCUT2D eigenvalue weighted by Gasteiger charge is -2.23. The van der Waals surface area contributed by atoms with Crippen molar-refractivity contribution in [3.63, 3.8) is 0 Å². The third-order valence-electron chi connectivity index (χ3n) is 3.28. The second-order valence-corrected chi connectivity index (χ2v) is 4.62. The van der Waals surface area contributed by atoms with Crippen molar-refractivity contribution in [3.8, 4) is 0 Å². The minimum Gasteiger partial charge on any atom is -0.376 e. The van der Waals surface area contributed by atoms with Crippen LogP contribution >= 0.6 is 0 Å². The van der Waals surface area contributed by atoms with Crippen LogP contribution in [0.15, 0.2) is 6.33 Å². The maximum Gasteiger partial charge on any atom is 0.226 e. The lowest BCUT2D eigenvalue weighted by molar-refractivity contribution is 0.0247. The number of nitrogens with one attached hydrogen (secondary N) is 3. The Kier molecular flexibility index (Phi) is 3.45. The molecule has 1 aliphatic heterocycles. The van der Waals surface area contributed by atoms with Crippen molar-refractivity contribution in [2.75, 3.05) is 30.8 Å². The number of anilines is 2. The first-order chi connectivity index (χ1) is 9.36. The van der Waals surface area contributed by atoms with Gasteiger partial charge in [0.05, 0.1) is 12.4 Å². The van der Waals surface area contributed by atoms with Crippen LogP contribution in [-0.4, -0.2) is 46.2 Å². The van der Waals surface area contributed by atoms with Crippen LogP contribution in [-0.2, 0) is 4.74 Å². The Hall–Kier alpha value is -1.89. The van der Waals surface area contributed by atoms with Crippen molar-refractivity contribution in [3.05, 3.63) is 6.33 Å². The van der Waals surface area contributed by atoms with E-state index in [1.165, 1.54) is 12.8 Å². The van der Waals surface area contributed by atoms with Gasteiger partial charge in [-0.25, -0.2) is 4.98 Å². The van der Waals surface area contributed by atoms with Crippen molar-refractivity contribution >= 4 is 22.9 Å². The Morgan fingerprint density at radius 1 is 1.42 bits per heavy atom. The predicted molar refractivity (Wildman–Crippen MR) is 73.3 cm³/mol. The Bertz CT molecular complexity index is 548. The van der Waals surface area contributed by atoms with E-state index < -0.39 is 0 Å². The number of fused-ring (bicyclic) bond motifs is 1. The monoisotopic (exact) mass is 262 g/mol. The average Bonchev–Trinajstić information content (AvgIpc) is 2.94. The minimum absolute atomic E-state index is 0.264. The highest BCUT2D eigenvalue weighted by Crippen LogP contribution is 2.19. The molecule has 3 heterocycles. The van der Waals surface area contributed by atoms with Gasteiger partial charge < -0.3 is 20.4 Å². The molecule has 0 spiro atoms. The molecule has 19 heavy (non-hydrogen) atoms. The van der Waals surface area contributed by atoms with E-state index in [0.717, 1.165) is 30.9 Å². The van der Waals surface area contributed by atoms with Gasteiger partial charge in [0.25, 0.3) is 0 Å². The molecule has 102 valence electrons. The fourth-order valence-corrected chi connectivity index (χ4v) is 2.25. The number of aromatic amines is 1. The van der Waals surface area contributed by atoms with E-state index in [4.69, 9.17) is 4.74 Å². The van der Waals surface area contributed by atoms with Crippen molar-refractivity contribution in [1.82, 2.24) is 19.9 Å². The van der Waals surface area contributed by atoms with Crippen molar-refractivity contribution < 1.29 is 4.74 Å². The molecule has 1 atom stereocenters. The van der Waals surface area contributed by atoms with Crippen LogP contribution in [0.4, 0.5) is 11.8 Å². The molecule has 0 bridgehead atoms. The van der Waals surface area contributed by atoms with E-state index in [1.54, 1.807) is 13.4 Å². The summed E-state index contributed by atoms with van der Waals surface area (Å²) in [7, 11) is 1.79. The molecule has 2 aromatic rings. The van der Waals surface area contributed by atoms with Gasteiger partial charge in [0.15, 0.2) is 11.5 Å². The number of H-pyrrole nitrogens is 1. The molecule has 1 saturated heterocycles. The minimum atomic E-state index is 0.264. The van der Waals surface area contributed by atoms with Gasteiger partial charge in [0.1, 0.15) is 5.52 Å². The van der Waals surface area contributed by atoms with Gasteiger partial charge in [-0.15, -0.1) is 0 Å². The number of imidazole rings is 1. The van der Waals surface area contributed by atoms with Gasteiger partial charge in [0.2, 0.25) is 5.95 Å². The normalized spacial score (nSPS) is 19.5. The van der Waals surface area contributed by atoms with Crippen molar-refractivity contribution in [2.24, 2.45) is 0 Å². The van der Waals surface area contributed by atoms with Gasteiger partial charge in [0, 0.05) is 20.2 Å². The van der Waals surface area contributed by atoms with Gasteiger partial charge in [-0.2, -0.15) is 9.97 Å². The topological polar surface area (TPSA) is 87.8 Å². The van der Waals surface area contributed by atoms with Crippen LogP contribution in [0.25, 0.3) is 11.2 Å². The molecule has 7 nitrogen and oxygen atoms in total. The van der Waals surface area contributed by atoms with Crippen LogP contribution in [0.5, 0.6) is 0 Å². The molecule has 1 aliphatic rings. The van der Waals surface area contributed by atoms with Crippen LogP contribution in [0.2, 0.25) is 0 Å². The highest BCUT2D eigenvalue weighted by Gasteiger charge is 2.15. The van der Waals surface area contributed by atoms with Crippen LogP contribution in [0.1, 0.15) is 19.3 Å². The first-order valence-corrected chi connectivity index (χ1v) is 6.61. The number of nitrogens with zero attached hydrogens (tertiary/aromatic N) is 3. The van der Waals surface area contributed by atoms with Gasteiger partial charge in [-0.05, 0) is 19.3 Å². The number of aromatic nitrogens is 4. The zero-order valence-corrected chi connectivity index (χ0v) is 10.9. The van der Waals surface area contributed by atoms with Crippen LogP contribution in [0.3, 0.4) is 0 Å². The van der Waals surface area contributed by atoms with E-state index >= 15 is 0 Å². The first kappa shape index (κ1) is 12.2. The number of hydrogen-bond acceptors (Lipinski definition) is 6. The fraction of sp³-hybridized carbons (Fsp3) is 0.583. The summed E-state index contributed by atoms with van der Waals surface area (Å²) in [6.45, 7) is 1.62. The van der Waals surface area contributed by atoms with E-state index in [2.05, 4.69) is 30.6 Å². The first-order valence-electron chi connectivity index (χ1n) is 6.61. The van der Waals surface area contributed by atoms with E-state index in [-0.39, 0.29) is 6.10 Å². The summed E-state index contributed by atoms with van der Waals surface area (Å²) in [6, 6.07) is 0. The van der Waals surface area contributed by atoms with Crippen LogP contribution in [0, 0.1) is 0 Å². The summed E-state index contributed by atoms with van der Waals surface area (Å²) in [4.78, 5) is 15.9. The summed E-state index contributed by atoms with van der Waals surface area (Å²) in [5.41, 5.74) is 1.49. The Labute approximate surface area is 111 Å². The standard InChI is InChI=1S/C12H18N6O/c1-13-12-17-10(9-11(18-12)16-7-15-9)14-6-8-4-2-3-5-19-8/h7-8H,2-6H2,1H3,(H3,13,14,15,16,17,18). The van der Waals surface area contributed by atoms with E-state index in [0.29, 0.717) is 11.6 Å². The van der Waals surface area contributed by atoms with Gasteiger partial charge >= 0.3 is 0 Å². The summed E-state index contributed by atoms with van der Waals surface area (Å²) in [5.74, 6) is 1.33. The molecule has 1 unspecified atom stereocenters. The summed E-state index contributed by atoms with van der Waals surface area (Å²) >= 11 is 0. The maximum absolute atomic E-state index is 5.70. The lowest BCUT2D eigenvalue weighted by Crippen LogP contribution is -2.27. The number of rotatable bonds is 4. The quantitative estimate of drug-likeness (QED) is 0.771. The highest BCUT2D eigenvalue weighted by molar-refractivity contribution is 5.83. The molecule has 0 aliphatic carbocycles. The smallest absolute Gasteiger partial charge is 0.226 e. The third-order valence-corrected chi connectivity index (χ3v) is 3.28. The third kappa shape index (κ3) is 2.60. The molecular formula is C12H18N6O.